The van der Waals surface area contributed by atoms with Crippen molar-refractivity contribution in [2.75, 3.05) is 13.4 Å². The SMILES string of the molecule is COC(=O)N=c1cc(C)n(Cc2ccc(Cl)nc2)c2nc(SC)nn12. The maximum absolute atomic E-state index is 11.5. The van der Waals surface area contributed by atoms with Gasteiger partial charge in [-0.15, -0.1) is 5.10 Å². The van der Waals surface area contributed by atoms with Crippen LogP contribution in [0, 0.1) is 6.92 Å². The fourth-order valence-electron chi connectivity index (χ4n) is 2.28. The number of nitrogens with zero attached hydrogens (tertiary/aromatic N) is 6. The number of ether oxygens (including phenoxy) is 1. The number of fused-ring (bicyclic) bond motifs is 1. The van der Waals surface area contributed by atoms with Crippen molar-refractivity contribution < 1.29 is 9.53 Å². The molecule has 0 aliphatic heterocycles. The summed E-state index contributed by atoms with van der Waals surface area (Å²) in [4.78, 5) is 24.1. The molecule has 0 aliphatic carbocycles. The van der Waals surface area contributed by atoms with E-state index in [1.807, 2.05) is 23.8 Å². The lowest BCUT2D eigenvalue weighted by Gasteiger charge is -2.12. The van der Waals surface area contributed by atoms with Crippen LogP contribution >= 0.6 is 23.4 Å². The van der Waals surface area contributed by atoms with Gasteiger partial charge in [-0.1, -0.05) is 29.4 Å². The Morgan fingerprint density at radius 2 is 2.24 bits per heavy atom. The molecule has 0 N–H and O–H groups in total. The highest BCUT2D eigenvalue weighted by molar-refractivity contribution is 7.98. The number of rotatable bonds is 3. The molecule has 0 aromatic carbocycles. The first-order valence-electron chi connectivity index (χ1n) is 7.26. The van der Waals surface area contributed by atoms with Crippen molar-refractivity contribution in [1.29, 1.82) is 0 Å². The van der Waals surface area contributed by atoms with Crippen molar-refractivity contribution >= 4 is 35.2 Å². The van der Waals surface area contributed by atoms with Crippen LogP contribution in [0.1, 0.15) is 11.3 Å². The van der Waals surface area contributed by atoms with E-state index in [1.54, 1.807) is 18.3 Å². The normalized spacial score (nSPS) is 11.9. The van der Waals surface area contributed by atoms with Crippen LogP contribution in [0.2, 0.25) is 5.15 Å². The molecule has 3 heterocycles. The van der Waals surface area contributed by atoms with E-state index < -0.39 is 6.09 Å². The Hall–Kier alpha value is -2.39. The smallest absolute Gasteiger partial charge is 0.435 e. The average molecular weight is 379 g/mol. The zero-order valence-electron chi connectivity index (χ0n) is 13.8. The molecule has 0 spiro atoms. The molecule has 10 heteroatoms. The number of thioether (sulfide) groups is 1. The van der Waals surface area contributed by atoms with Gasteiger partial charge in [0.25, 0.3) is 0 Å². The van der Waals surface area contributed by atoms with Gasteiger partial charge in [-0.05, 0) is 24.8 Å². The molecule has 25 heavy (non-hydrogen) atoms. The van der Waals surface area contributed by atoms with Gasteiger partial charge < -0.3 is 9.30 Å². The van der Waals surface area contributed by atoms with Crippen molar-refractivity contribution in [3.05, 3.63) is 46.3 Å². The lowest BCUT2D eigenvalue weighted by Crippen LogP contribution is -2.23. The Labute approximate surface area is 152 Å². The molecule has 3 rings (SSSR count). The van der Waals surface area contributed by atoms with E-state index in [4.69, 9.17) is 11.6 Å². The summed E-state index contributed by atoms with van der Waals surface area (Å²) in [5, 5.41) is 5.40. The van der Waals surface area contributed by atoms with Gasteiger partial charge in [0.2, 0.25) is 10.9 Å². The largest absolute Gasteiger partial charge is 0.451 e. The number of hydrogen-bond donors (Lipinski definition) is 0. The third kappa shape index (κ3) is 3.67. The van der Waals surface area contributed by atoms with Gasteiger partial charge in [-0.3, -0.25) is 0 Å². The zero-order valence-corrected chi connectivity index (χ0v) is 15.4. The Kier molecular flexibility index (Phi) is 5.05. The summed E-state index contributed by atoms with van der Waals surface area (Å²) >= 11 is 7.25. The third-order valence-electron chi connectivity index (χ3n) is 3.49. The van der Waals surface area contributed by atoms with Crippen LogP contribution in [0.3, 0.4) is 0 Å². The molecular formula is C15H15ClN6O2S. The predicted octanol–water partition coefficient (Wildman–Crippen LogP) is 2.32. The van der Waals surface area contributed by atoms with Gasteiger partial charge in [0.05, 0.1) is 13.7 Å². The van der Waals surface area contributed by atoms with Gasteiger partial charge >= 0.3 is 6.09 Å². The second-order valence-corrected chi connectivity index (χ2v) is 6.27. The van der Waals surface area contributed by atoms with Gasteiger partial charge in [0.1, 0.15) is 5.15 Å². The van der Waals surface area contributed by atoms with Crippen molar-refractivity contribution in [3.8, 4) is 0 Å². The number of aryl methyl sites for hydroxylation is 1. The van der Waals surface area contributed by atoms with Crippen LogP contribution in [-0.2, 0) is 11.3 Å². The van der Waals surface area contributed by atoms with E-state index in [2.05, 4.69) is 24.8 Å². The number of hydrogen-bond acceptors (Lipinski definition) is 6. The Balaban J connectivity index is 2.19. The van der Waals surface area contributed by atoms with Crippen molar-refractivity contribution in [2.45, 2.75) is 18.6 Å². The first-order valence-corrected chi connectivity index (χ1v) is 8.86. The van der Waals surface area contributed by atoms with Crippen LogP contribution in [0.5, 0.6) is 0 Å². The summed E-state index contributed by atoms with van der Waals surface area (Å²) in [6, 6.07) is 5.39. The van der Waals surface area contributed by atoms with E-state index in [9.17, 15) is 4.79 Å². The molecule has 0 saturated carbocycles. The Morgan fingerprint density at radius 1 is 1.44 bits per heavy atom. The van der Waals surface area contributed by atoms with Crippen LogP contribution in [0.25, 0.3) is 5.78 Å². The molecule has 0 aliphatic rings. The van der Waals surface area contributed by atoms with E-state index in [1.165, 1.54) is 23.4 Å². The highest BCUT2D eigenvalue weighted by Crippen LogP contribution is 2.14. The molecule has 0 saturated heterocycles. The van der Waals surface area contributed by atoms with Crippen LogP contribution in [-0.4, -0.2) is 43.6 Å². The standard InChI is InChI=1S/C15H15ClN6O2S/c1-9-6-12(18-15(23)24-2)22-14(19-13(20-22)25-3)21(9)8-10-4-5-11(16)17-7-10/h4-7H,8H2,1-3H3. The summed E-state index contributed by atoms with van der Waals surface area (Å²) in [6.07, 6.45) is 2.90. The summed E-state index contributed by atoms with van der Waals surface area (Å²) in [5.74, 6) is 0.571. The minimum atomic E-state index is -0.693. The molecule has 0 bridgehead atoms. The maximum atomic E-state index is 11.5. The summed E-state index contributed by atoms with van der Waals surface area (Å²) in [7, 11) is 1.28. The number of aromatic nitrogens is 5. The van der Waals surface area contributed by atoms with Crippen LogP contribution in [0.4, 0.5) is 4.79 Å². The van der Waals surface area contributed by atoms with E-state index in [0.717, 1.165) is 11.3 Å². The summed E-state index contributed by atoms with van der Waals surface area (Å²) < 4.78 is 8.11. The number of carbonyl (C=O) groups is 1. The first-order chi connectivity index (χ1) is 12.0. The minimum Gasteiger partial charge on any atom is -0.451 e. The summed E-state index contributed by atoms with van der Waals surface area (Å²) in [6.45, 7) is 2.44. The lowest BCUT2D eigenvalue weighted by atomic mass is 10.2. The van der Waals surface area contributed by atoms with Crippen LogP contribution in [0.15, 0.2) is 34.5 Å². The average Bonchev–Trinajstić information content (AvgIpc) is 3.04. The number of carbonyl (C=O) groups excluding carboxylic acids is 1. The Bertz CT molecular complexity index is 996. The quantitative estimate of drug-likeness (QED) is 0.513. The maximum Gasteiger partial charge on any atom is 0.435 e. The minimum absolute atomic E-state index is 0.359. The molecular weight excluding hydrogens is 364 g/mol. The molecule has 1 amide bonds. The molecule has 3 aromatic heterocycles. The van der Waals surface area contributed by atoms with Crippen LogP contribution < -0.4 is 5.49 Å². The zero-order chi connectivity index (χ0) is 18.0. The fourth-order valence-corrected chi connectivity index (χ4v) is 2.73. The highest BCUT2D eigenvalue weighted by atomic mass is 35.5. The summed E-state index contributed by atoms with van der Waals surface area (Å²) in [5.41, 5.74) is 2.19. The van der Waals surface area contributed by atoms with Gasteiger partial charge in [-0.25, -0.2) is 9.78 Å². The van der Waals surface area contributed by atoms with E-state index >= 15 is 0 Å². The van der Waals surface area contributed by atoms with E-state index in [-0.39, 0.29) is 0 Å². The number of amides is 1. The second-order valence-electron chi connectivity index (χ2n) is 5.11. The molecule has 3 aromatic rings. The van der Waals surface area contributed by atoms with Gasteiger partial charge in [-0.2, -0.15) is 14.5 Å². The van der Waals surface area contributed by atoms with Crippen molar-refractivity contribution in [2.24, 2.45) is 4.99 Å². The molecule has 0 fully saturated rings. The third-order valence-corrected chi connectivity index (χ3v) is 4.25. The van der Waals surface area contributed by atoms with Gasteiger partial charge in [0.15, 0.2) is 5.49 Å². The highest BCUT2D eigenvalue weighted by Gasteiger charge is 2.12. The molecule has 0 atom stereocenters. The molecule has 8 nitrogen and oxygen atoms in total. The second kappa shape index (κ2) is 7.24. The Morgan fingerprint density at radius 3 is 2.88 bits per heavy atom. The monoisotopic (exact) mass is 378 g/mol. The molecule has 0 unspecified atom stereocenters. The molecule has 130 valence electrons. The van der Waals surface area contributed by atoms with E-state index in [0.29, 0.717) is 28.1 Å². The van der Waals surface area contributed by atoms with Gasteiger partial charge in [0, 0.05) is 18.0 Å². The number of halogens is 1. The topological polar surface area (TPSA) is 86.7 Å². The number of pyridine rings is 1. The molecule has 0 radical (unpaired) electrons. The fraction of sp³-hybridized carbons (Fsp3) is 0.267. The predicted molar refractivity (Wildman–Crippen MR) is 93.8 cm³/mol. The number of methoxy groups -OCH3 is 1. The van der Waals surface area contributed by atoms with Crippen molar-refractivity contribution in [1.82, 2.24) is 24.1 Å². The first kappa shape index (κ1) is 17.4. The lowest BCUT2D eigenvalue weighted by molar-refractivity contribution is 0.181. The van der Waals surface area contributed by atoms with Crippen molar-refractivity contribution in [3.63, 3.8) is 0 Å².